The van der Waals surface area contributed by atoms with E-state index < -0.39 is 0 Å². The molecule has 1 heterocycles. The topological polar surface area (TPSA) is 30.0 Å². The molecule has 0 radical (unpaired) electrons. The summed E-state index contributed by atoms with van der Waals surface area (Å²) >= 11 is 0. The van der Waals surface area contributed by atoms with Crippen molar-refractivity contribution in [2.24, 2.45) is 0 Å². The van der Waals surface area contributed by atoms with Gasteiger partial charge >= 0.3 is 0 Å². The van der Waals surface area contributed by atoms with Crippen LogP contribution in [0.4, 0.5) is 0 Å². The van der Waals surface area contributed by atoms with E-state index in [2.05, 4.69) is 102 Å². The molecule has 5 aromatic rings. The minimum Gasteiger partial charge on any atom is -0.289 e. The first-order valence-corrected chi connectivity index (χ1v) is 11.9. The number of hydrogen-bond donors (Lipinski definition) is 0. The molecule has 0 saturated heterocycles. The molecule has 0 fully saturated rings. The van der Waals surface area contributed by atoms with Gasteiger partial charge in [-0.3, -0.25) is 9.78 Å². The molecule has 0 bridgehead atoms. The fraction of sp³-hybridized carbons (Fsp3) is 0. The second kappa shape index (κ2) is 11.1. The van der Waals surface area contributed by atoms with Crippen molar-refractivity contribution in [1.82, 2.24) is 4.98 Å². The molecule has 0 N–H and O–H groups in total. The van der Waals surface area contributed by atoms with Crippen molar-refractivity contribution in [1.29, 1.82) is 0 Å². The van der Waals surface area contributed by atoms with Crippen LogP contribution in [0.1, 0.15) is 38.2 Å². The van der Waals surface area contributed by atoms with Gasteiger partial charge in [-0.1, -0.05) is 121 Å². The van der Waals surface area contributed by atoms with Gasteiger partial charge in [0.25, 0.3) is 0 Å². The lowest BCUT2D eigenvalue weighted by molar-refractivity contribution is 0.104. The van der Waals surface area contributed by atoms with Gasteiger partial charge in [0.15, 0.2) is 5.78 Å². The average molecular weight is 464 g/mol. The Kier molecular flexibility index (Phi) is 7.06. The smallest absolute Gasteiger partial charge is 0.185 e. The molecule has 0 atom stereocenters. The predicted molar refractivity (Wildman–Crippen MR) is 148 cm³/mol. The number of carbonyl (C=O) groups is 1. The monoisotopic (exact) mass is 463 g/mol. The average Bonchev–Trinajstić information content (AvgIpc) is 2.97. The van der Waals surface area contributed by atoms with Crippen LogP contribution in [0, 0.1) is 0 Å². The lowest BCUT2D eigenvalue weighted by Gasteiger charge is -2.18. The van der Waals surface area contributed by atoms with Gasteiger partial charge in [0, 0.05) is 18.0 Å². The van der Waals surface area contributed by atoms with Gasteiger partial charge in [-0.2, -0.15) is 0 Å². The highest BCUT2D eigenvalue weighted by molar-refractivity contribution is 6.07. The minimum absolute atomic E-state index is 0.0400. The van der Waals surface area contributed by atoms with E-state index in [1.807, 2.05) is 24.3 Å². The number of nitrogens with zero attached hydrogens (tertiary/aromatic N) is 1. The molecule has 5 rings (SSSR count). The molecule has 0 aliphatic carbocycles. The summed E-state index contributed by atoms with van der Waals surface area (Å²) in [6, 6.07) is 43.4. The Balaban J connectivity index is 1.60. The largest absolute Gasteiger partial charge is 0.289 e. The number of ketones is 1. The normalized spacial score (nSPS) is 10.8. The molecule has 2 heteroatoms. The van der Waals surface area contributed by atoms with Crippen LogP contribution in [0.3, 0.4) is 0 Å². The van der Waals surface area contributed by atoms with Crippen molar-refractivity contribution in [2.75, 3.05) is 0 Å². The molecule has 0 spiro atoms. The van der Waals surface area contributed by atoms with Crippen LogP contribution < -0.4 is 0 Å². The van der Waals surface area contributed by atoms with E-state index in [1.54, 1.807) is 30.6 Å². The number of carbonyl (C=O) groups excluding carboxylic acids is 1. The maximum absolute atomic E-state index is 12.5. The lowest BCUT2D eigenvalue weighted by atomic mass is 9.85. The van der Waals surface area contributed by atoms with Crippen molar-refractivity contribution in [3.63, 3.8) is 0 Å². The Hall–Kier alpha value is -4.82. The maximum atomic E-state index is 12.5. The molecule has 0 saturated carbocycles. The highest BCUT2D eigenvalue weighted by atomic mass is 16.1. The Morgan fingerprint density at radius 2 is 0.889 bits per heavy atom. The third-order valence-corrected chi connectivity index (χ3v) is 6.03. The first kappa shape index (κ1) is 22.9. The Morgan fingerprint density at radius 1 is 0.472 bits per heavy atom. The summed E-state index contributed by atoms with van der Waals surface area (Å²) in [7, 11) is 0. The molecule has 2 nitrogen and oxygen atoms in total. The first-order chi connectivity index (χ1) is 17.8. The summed E-state index contributed by atoms with van der Waals surface area (Å²) in [5.74, 6) is -0.0400. The first-order valence-electron chi connectivity index (χ1n) is 11.9. The zero-order valence-electron chi connectivity index (χ0n) is 19.8. The molecular weight excluding hydrogens is 438 g/mol. The van der Waals surface area contributed by atoms with Crippen molar-refractivity contribution in [2.45, 2.75) is 0 Å². The van der Waals surface area contributed by atoms with Crippen molar-refractivity contribution >= 4 is 23.0 Å². The van der Waals surface area contributed by atoms with Gasteiger partial charge in [-0.05, 0) is 57.2 Å². The number of aromatic nitrogens is 1. The fourth-order valence-electron chi connectivity index (χ4n) is 4.27. The molecule has 0 aliphatic heterocycles. The highest BCUT2D eigenvalue weighted by Gasteiger charge is 2.15. The molecular formula is C34H25NO. The number of allylic oxidation sites excluding steroid dienone is 1. The standard InChI is InChI=1S/C34H25NO/c36-32(27-22-24-35-25-23-27)21-18-26-16-19-31(20-17-26)34(30-14-8-3-9-15-30)33(28-10-4-1-5-11-28)29-12-6-2-7-13-29/h1-25H/b21-18+. The molecule has 4 aromatic carbocycles. The quantitative estimate of drug-likeness (QED) is 0.139. The Labute approximate surface area is 211 Å². The Morgan fingerprint density at radius 3 is 1.33 bits per heavy atom. The summed E-state index contributed by atoms with van der Waals surface area (Å²) in [6.07, 6.45) is 6.72. The van der Waals surface area contributed by atoms with Gasteiger partial charge < -0.3 is 0 Å². The van der Waals surface area contributed by atoms with Crippen LogP contribution in [-0.4, -0.2) is 10.8 Å². The zero-order valence-corrected chi connectivity index (χ0v) is 19.8. The van der Waals surface area contributed by atoms with E-state index in [9.17, 15) is 4.79 Å². The van der Waals surface area contributed by atoms with Crippen LogP contribution >= 0.6 is 0 Å². The highest BCUT2D eigenvalue weighted by Crippen LogP contribution is 2.36. The third-order valence-electron chi connectivity index (χ3n) is 6.03. The van der Waals surface area contributed by atoms with Gasteiger partial charge in [0.05, 0.1) is 0 Å². The lowest BCUT2D eigenvalue weighted by Crippen LogP contribution is -1.97. The van der Waals surface area contributed by atoms with E-state index in [0.717, 1.165) is 33.4 Å². The molecule has 36 heavy (non-hydrogen) atoms. The van der Waals surface area contributed by atoms with E-state index >= 15 is 0 Å². The summed E-state index contributed by atoms with van der Waals surface area (Å²) in [6.45, 7) is 0. The van der Waals surface area contributed by atoms with Gasteiger partial charge in [-0.25, -0.2) is 0 Å². The van der Waals surface area contributed by atoms with Crippen molar-refractivity contribution in [3.8, 4) is 0 Å². The van der Waals surface area contributed by atoms with E-state index in [4.69, 9.17) is 0 Å². The second-order valence-electron chi connectivity index (χ2n) is 8.40. The number of benzene rings is 4. The second-order valence-corrected chi connectivity index (χ2v) is 8.40. The van der Waals surface area contributed by atoms with Crippen LogP contribution in [0.15, 0.2) is 146 Å². The van der Waals surface area contributed by atoms with Crippen molar-refractivity contribution in [3.05, 3.63) is 179 Å². The van der Waals surface area contributed by atoms with Crippen LogP contribution in [0.5, 0.6) is 0 Å². The molecule has 1 aromatic heterocycles. The third kappa shape index (κ3) is 5.29. The summed E-state index contributed by atoms with van der Waals surface area (Å²) in [5.41, 5.74) is 8.52. The summed E-state index contributed by atoms with van der Waals surface area (Å²) in [5, 5.41) is 0. The van der Waals surface area contributed by atoms with E-state index in [-0.39, 0.29) is 5.78 Å². The SMILES string of the molecule is O=C(/C=C/c1ccc(C(=C(c2ccccc2)c2ccccc2)c2ccccc2)cc1)c1ccncc1. The minimum atomic E-state index is -0.0400. The Bertz CT molecular complexity index is 1440. The number of pyridine rings is 1. The van der Waals surface area contributed by atoms with Gasteiger partial charge in [-0.15, -0.1) is 0 Å². The van der Waals surface area contributed by atoms with Crippen molar-refractivity contribution < 1.29 is 4.79 Å². The summed E-state index contributed by atoms with van der Waals surface area (Å²) in [4.78, 5) is 16.4. The van der Waals surface area contributed by atoms with Gasteiger partial charge in [0.2, 0.25) is 0 Å². The molecule has 0 unspecified atom stereocenters. The fourth-order valence-corrected chi connectivity index (χ4v) is 4.27. The number of rotatable bonds is 7. The molecule has 0 amide bonds. The van der Waals surface area contributed by atoms with Gasteiger partial charge in [0.1, 0.15) is 0 Å². The predicted octanol–water partition coefficient (Wildman–Crippen LogP) is 7.99. The summed E-state index contributed by atoms with van der Waals surface area (Å²) < 4.78 is 0. The van der Waals surface area contributed by atoms with Crippen LogP contribution in [0.2, 0.25) is 0 Å². The number of hydrogen-bond acceptors (Lipinski definition) is 2. The van der Waals surface area contributed by atoms with Crippen LogP contribution in [0.25, 0.3) is 17.2 Å². The zero-order chi connectivity index (χ0) is 24.6. The van der Waals surface area contributed by atoms with Crippen LogP contribution in [-0.2, 0) is 0 Å². The van der Waals surface area contributed by atoms with E-state index in [1.165, 1.54) is 5.57 Å². The van der Waals surface area contributed by atoms with E-state index in [0.29, 0.717) is 5.56 Å². The molecule has 0 aliphatic rings. The maximum Gasteiger partial charge on any atom is 0.185 e. The molecule has 172 valence electrons.